The van der Waals surface area contributed by atoms with Crippen LogP contribution in [0.25, 0.3) is 11.3 Å². The summed E-state index contributed by atoms with van der Waals surface area (Å²) < 4.78 is 5.59. The lowest BCUT2D eigenvalue weighted by Gasteiger charge is -2.05. The molecule has 3 heteroatoms. The number of nitrogens with zero attached hydrogens (tertiary/aromatic N) is 1. The topological polar surface area (TPSA) is 43.1 Å². The predicted molar refractivity (Wildman–Crippen MR) is 62.3 cm³/mol. The van der Waals surface area contributed by atoms with Crippen LogP contribution >= 0.6 is 0 Å². The van der Waals surface area contributed by atoms with Crippen molar-refractivity contribution in [3.63, 3.8) is 0 Å². The Hall–Kier alpha value is -1.90. The van der Waals surface area contributed by atoms with E-state index in [0.717, 1.165) is 5.56 Å². The van der Waals surface area contributed by atoms with E-state index in [1.54, 1.807) is 0 Å². The average molecular weight is 215 g/mol. The first-order valence-electron chi connectivity index (χ1n) is 5.24. The molecule has 0 spiro atoms. The van der Waals surface area contributed by atoms with Crippen LogP contribution in [0.3, 0.4) is 0 Å². The van der Waals surface area contributed by atoms with Crippen LogP contribution in [0, 0.1) is 0 Å². The highest BCUT2D eigenvalue weighted by Crippen LogP contribution is 2.20. The largest absolute Gasteiger partial charge is 0.442 e. The highest BCUT2D eigenvalue weighted by molar-refractivity contribution is 5.56. The van der Waals surface area contributed by atoms with E-state index in [0.29, 0.717) is 11.7 Å². The summed E-state index contributed by atoms with van der Waals surface area (Å²) in [6.07, 6.45) is 0. The van der Waals surface area contributed by atoms with Gasteiger partial charge in [-0.2, -0.15) is 4.98 Å². The molecule has 0 unspecified atom stereocenters. The highest BCUT2D eigenvalue weighted by Gasteiger charge is 2.08. The van der Waals surface area contributed by atoms with Gasteiger partial charge in [0.1, 0.15) is 5.76 Å². The summed E-state index contributed by atoms with van der Waals surface area (Å²) in [5, 5.41) is 0. The van der Waals surface area contributed by atoms with Crippen LogP contribution in [0.15, 0.2) is 45.6 Å². The van der Waals surface area contributed by atoms with Gasteiger partial charge in [0, 0.05) is 17.5 Å². The van der Waals surface area contributed by atoms with E-state index in [1.807, 2.05) is 44.2 Å². The normalized spacial score (nSPS) is 10.7. The number of rotatable bonds is 2. The Kier molecular flexibility index (Phi) is 2.86. The van der Waals surface area contributed by atoms with Gasteiger partial charge in [-0.05, 0) is 0 Å². The van der Waals surface area contributed by atoms with Gasteiger partial charge >= 0.3 is 0 Å². The minimum absolute atomic E-state index is 0.108. The first-order valence-corrected chi connectivity index (χ1v) is 5.24. The Bertz CT molecular complexity index is 529. The molecule has 1 heterocycles. The van der Waals surface area contributed by atoms with E-state index in [4.69, 9.17) is 4.42 Å². The quantitative estimate of drug-likeness (QED) is 0.773. The summed E-state index contributed by atoms with van der Waals surface area (Å²) in [6, 6.07) is 11.0. The van der Waals surface area contributed by atoms with Crippen molar-refractivity contribution in [2.24, 2.45) is 0 Å². The molecule has 0 atom stereocenters. The standard InChI is InChI=1S/C13H13NO2/c1-9(2)13-14-12(15)8-11(16-13)10-6-4-3-5-7-10/h3-9H,1-2H3. The molecule has 0 amide bonds. The zero-order chi connectivity index (χ0) is 11.5. The lowest BCUT2D eigenvalue weighted by atomic mass is 10.1. The van der Waals surface area contributed by atoms with E-state index in [-0.39, 0.29) is 11.5 Å². The summed E-state index contributed by atoms with van der Waals surface area (Å²) in [6.45, 7) is 3.89. The molecule has 0 saturated heterocycles. The van der Waals surface area contributed by atoms with E-state index in [2.05, 4.69) is 4.98 Å². The Morgan fingerprint density at radius 3 is 2.50 bits per heavy atom. The number of hydrogen-bond acceptors (Lipinski definition) is 3. The van der Waals surface area contributed by atoms with E-state index < -0.39 is 0 Å². The summed E-state index contributed by atoms with van der Waals surface area (Å²) in [5.41, 5.74) is 0.637. The third-order valence-corrected chi connectivity index (χ3v) is 2.24. The molecular formula is C13H13NO2. The second kappa shape index (κ2) is 4.31. The first-order chi connectivity index (χ1) is 7.66. The molecule has 16 heavy (non-hydrogen) atoms. The van der Waals surface area contributed by atoms with Crippen molar-refractivity contribution in [3.8, 4) is 11.3 Å². The lowest BCUT2D eigenvalue weighted by molar-refractivity contribution is 0.451. The zero-order valence-corrected chi connectivity index (χ0v) is 9.31. The Labute approximate surface area is 93.8 Å². The molecule has 0 radical (unpaired) electrons. The fraction of sp³-hybridized carbons (Fsp3) is 0.231. The second-order valence-corrected chi connectivity index (χ2v) is 3.92. The van der Waals surface area contributed by atoms with E-state index in [1.165, 1.54) is 6.07 Å². The second-order valence-electron chi connectivity index (χ2n) is 3.92. The predicted octanol–water partition coefficient (Wildman–Crippen LogP) is 2.83. The molecule has 82 valence electrons. The third-order valence-electron chi connectivity index (χ3n) is 2.24. The maximum Gasteiger partial charge on any atom is 0.276 e. The van der Waals surface area contributed by atoms with Crippen LogP contribution in [0.4, 0.5) is 0 Å². The molecule has 1 aromatic heterocycles. The van der Waals surface area contributed by atoms with Crippen LogP contribution in [0.5, 0.6) is 0 Å². The number of benzene rings is 1. The molecule has 2 rings (SSSR count). The van der Waals surface area contributed by atoms with Gasteiger partial charge in [-0.1, -0.05) is 44.2 Å². The Balaban J connectivity index is 2.54. The highest BCUT2D eigenvalue weighted by atomic mass is 16.3. The summed E-state index contributed by atoms with van der Waals surface area (Å²) in [4.78, 5) is 15.3. The Morgan fingerprint density at radius 2 is 1.88 bits per heavy atom. The van der Waals surface area contributed by atoms with Gasteiger partial charge in [-0.3, -0.25) is 4.79 Å². The van der Waals surface area contributed by atoms with Crippen molar-refractivity contribution in [2.75, 3.05) is 0 Å². The third kappa shape index (κ3) is 2.19. The van der Waals surface area contributed by atoms with E-state index in [9.17, 15) is 4.79 Å². The van der Waals surface area contributed by atoms with Gasteiger partial charge in [-0.15, -0.1) is 0 Å². The molecule has 0 aliphatic heterocycles. The fourth-order valence-electron chi connectivity index (χ4n) is 1.41. The van der Waals surface area contributed by atoms with Gasteiger partial charge < -0.3 is 4.42 Å². The van der Waals surface area contributed by atoms with Crippen molar-refractivity contribution >= 4 is 0 Å². The monoisotopic (exact) mass is 215 g/mol. The minimum Gasteiger partial charge on any atom is -0.442 e. The molecule has 0 aliphatic rings. The molecule has 0 aliphatic carbocycles. The van der Waals surface area contributed by atoms with Crippen LogP contribution in [0.2, 0.25) is 0 Å². The van der Waals surface area contributed by atoms with Gasteiger partial charge in [0.25, 0.3) is 5.56 Å². The summed E-state index contributed by atoms with van der Waals surface area (Å²) in [5.74, 6) is 1.16. The van der Waals surface area contributed by atoms with Crippen molar-refractivity contribution in [2.45, 2.75) is 19.8 Å². The minimum atomic E-state index is -0.256. The van der Waals surface area contributed by atoms with Crippen molar-refractivity contribution in [1.29, 1.82) is 0 Å². The van der Waals surface area contributed by atoms with Gasteiger partial charge in [-0.25, -0.2) is 0 Å². The first kappa shape index (κ1) is 10.6. The van der Waals surface area contributed by atoms with Crippen LogP contribution in [-0.4, -0.2) is 4.98 Å². The molecule has 3 nitrogen and oxygen atoms in total. The molecule has 0 saturated carbocycles. The number of aromatic nitrogens is 1. The lowest BCUT2D eigenvalue weighted by Crippen LogP contribution is -2.08. The van der Waals surface area contributed by atoms with Crippen molar-refractivity contribution in [3.05, 3.63) is 52.6 Å². The molecule has 2 aromatic rings. The van der Waals surface area contributed by atoms with E-state index >= 15 is 0 Å². The van der Waals surface area contributed by atoms with Gasteiger partial charge in [0.15, 0.2) is 0 Å². The van der Waals surface area contributed by atoms with Crippen LogP contribution in [0.1, 0.15) is 25.7 Å². The van der Waals surface area contributed by atoms with Gasteiger partial charge in [0.2, 0.25) is 5.89 Å². The summed E-state index contributed by atoms with van der Waals surface area (Å²) >= 11 is 0. The van der Waals surface area contributed by atoms with Crippen LogP contribution < -0.4 is 5.56 Å². The number of hydrogen-bond donors (Lipinski definition) is 0. The zero-order valence-electron chi connectivity index (χ0n) is 9.31. The smallest absolute Gasteiger partial charge is 0.276 e. The molecular weight excluding hydrogens is 202 g/mol. The van der Waals surface area contributed by atoms with Gasteiger partial charge in [0.05, 0.1) is 0 Å². The molecule has 0 bridgehead atoms. The Morgan fingerprint density at radius 1 is 1.19 bits per heavy atom. The average Bonchev–Trinajstić information content (AvgIpc) is 2.29. The maximum atomic E-state index is 11.4. The molecule has 0 N–H and O–H groups in total. The SMILES string of the molecule is CC(C)c1nc(=O)cc(-c2ccccc2)o1. The van der Waals surface area contributed by atoms with Crippen molar-refractivity contribution in [1.82, 2.24) is 4.98 Å². The molecule has 0 fully saturated rings. The van der Waals surface area contributed by atoms with Crippen molar-refractivity contribution < 1.29 is 4.42 Å². The molecule has 1 aromatic carbocycles. The van der Waals surface area contributed by atoms with Crippen LogP contribution in [-0.2, 0) is 0 Å². The summed E-state index contributed by atoms with van der Waals surface area (Å²) in [7, 11) is 0. The maximum absolute atomic E-state index is 11.4. The fourth-order valence-corrected chi connectivity index (χ4v) is 1.41.